The monoisotopic (exact) mass is 365 g/mol. The predicted molar refractivity (Wildman–Crippen MR) is 102 cm³/mol. The molecule has 1 saturated heterocycles. The second kappa shape index (κ2) is 7.75. The number of imidazole rings is 1. The smallest absolute Gasteiger partial charge is 0.238 e. The van der Waals surface area contributed by atoms with Crippen LogP contribution in [0.25, 0.3) is 11.5 Å². The second-order valence-electron chi connectivity index (χ2n) is 6.68. The molecule has 2 aromatic heterocycles. The lowest BCUT2D eigenvalue weighted by Crippen LogP contribution is -2.18. The quantitative estimate of drug-likeness (QED) is 0.668. The summed E-state index contributed by atoms with van der Waals surface area (Å²) >= 11 is 0. The molecule has 140 valence electrons. The van der Waals surface area contributed by atoms with Gasteiger partial charge in [0.15, 0.2) is 5.82 Å². The second-order valence-corrected chi connectivity index (χ2v) is 6.68. The maximum atomic E-state index is 5.91. The van der Waals surface area contributed by atoms with Gasteiger partial charge in [-0.2, -0.15) is 0 Å². The van der Waals surface area contributed by atoms with Gasteiger partial charge in [0.2, 0.25) is 5.88 Å². The van der Waals surface area contributed by atoms with Crippen LogP contribution in [0.3, 0.4) is 0 Å². The fourth-order valence-electron chi connectivity index (χ4n) is 3.35. The molecule has 0 spiro atoms. The van der Waals surface area contributed by atoms with Gasteiger partial charge in [-0.3, -0.25) is 4.90 Å². The number of methoxy groups -OCH3 is 1. The first-order valence-corrected chi connectivity index (χ1v) is 9.11. The maximum absolute atomic E-state index is 5.91. The molecule has 0 amide bonds. The third kappa shape index (κ3) is 3.93. The summed E-state index contributed by atoms with van der Waals surface area (Å²) in [4.78, 5) is 6.71. The summed E-state index contributed by atoms with van der Waals surface area (Å²) in [5, 5.41) is 8.41. The first-order valence-electron chi connectivity index (χ1n) is 9.11. The molecule has 1 aromatic carbocycles. The van der Waals surface area contributed by atoms with E-state index in [0.29, 0.717) is 11.6 Å². The Kier molecular flexibility index (Phi) is 5.02. The van der Waals surface area contributed by atoms with Crippen molar-refractivity contribution < 1.29 is 9.47 Å². The topological polar surface area (TPSA) is 65.3 Å². The van der Waals surface area contributed by atoms with Crippen LogP contribution in [0, 0.1) is 0 Å². The number of hydrogen-bond acceptors (Lipinski definition) is 6. The first-order chi connectivity index (χ1) is 13.2. The Balaban J connectivity index is 1.51. The molecule has 0 unspecified atom stereocenters. The van der Waals surface area contributed by atoms with Gasteiger partial charge in [-0.05, 0) is 50.2 Å². The van der Waals surface area contributed by atoms with Gasteiger partial charge in [-0.25, -0.2) is 4.98 Å². The molecule has 4 rings (SSSR count). The van der Waals surface area contributed by atoms with Gasteiger partial charge in [0.1, 0.15) is 17.2 Å². The van der Waals surface area contributed by atoms with E-state index in [1.165, 1.54) is 12.8 Å². The molecule has 0 bridgehead atoms. The Morgan fingerprint density at radius 3 is 2.59 bits per heavy atom. The minimum absolute atomic E-state index is 0.449. The minimum atomic E-state index is 0.449. The van der Waals surface area contributed by atoms with Gasteiger partial charge in [-0.15, -0.1) is 10.2 Å². The fourth-order valence-corrected chi connectivity index (χ4v) is 3.35. The molecule has 0 radical (unpaired) electrons. The first kappa shape index (κ1) is 17.5. The van der Waals surface area contributed by atoms with Crippen molar-refractivity contribution in [3.63, 3.8) is 0 Å². The summed E-state index contributed by atoms with van der Waals surface area (Å²) < 4.78 is 13.3. The van der Waals surface area contributed by atoms with Crippen molar-refractivity contribution in [3.05, 3.63) is 48.3 Å². The van der Waals surface area contributed by atoms with E-state index in [1.54, 1.807) is 19.4 Å². The van der Waals surface area contributed by atoms with Crippen LogP contribution in [-0.4, -0.2) is 44.8 Å². The van der Waals surface area contributed by atoms with Crippen molar-refractivity contribution in [2.45, 2.75) is 19.4 Å². The van der Waals surface area contributed by atoms with Crippen LogP contribution < -0.4 is 9.47 Å². The normalized spacial score (nSPS) is 14.4. The van der Waals surface area contributed by atoms with Crippen molar-refractivity contribution in [2.75, 3.05) is 20.2 Å². The number of nitrogens with zero attached hydrogens (tertiary/aromatic N) is 5. The molecule has 0 N–H and O–H groups in total. The van der Waals surface area contributed by atoms with Gasteiger partial charge < -0.3 is 14.0 Å². The number of likely N-dealkylation sites (tertiary alicyclic amines) is 1. The van der Waals surface area contributed by atoms with Crippen LogP contribution in [0.1, 0.15) is 18.4 Å². The lowest BCUT2D eigenvalue weighted by atomic mass is 10.1. The molecule has 0 aliphatic carbocycles. The van der Waals surface area contributed by atoms with Crippen LogP contribution >= 0.6 is 0 Å². The molecule has 7 nitrogen and oxygen atoms in total. The van der Waals surface area contributed by atoms with Gasteiger partial charge in [0.25, 0.3) is 0 Å². The number of rotatable bonds is 6. The van der Waals surface area contributed by atoms with E-state index in [1.807, 2.05) is 42.1 Å². The Hall–Kier alpha value is -2.93. The zero-order chi connectivity index (χ0) is 18.6. The Labute approximate surface area is 158 Å². The number of benzene rings is 1. The molecule has 1 fully saturated rings. The lowest BCUT2D eigenvalue weighted by Gasteiger charge is -2.17. The van der Waals surface area contributed by atoms with Crippen LogP contribution in [0.2, 0.25) is 0 Å². The molecular weight excluding hydrogens is 342 g/mol. The van der Waals surface area contributed by atoms with E-state index in [2.05, 4.69) is 20.1 Å². The van der Waals surface area contributed by atoms with Gasteiger partial charge in [0, 0.05) is 37.6 Å². The number of aromatic nitrogens is 4. The molecule has 3 heterocycles. The zero-order valence-electron chi connectivity index (χ0n) is 15.6. The SMILES string of the molecule is COc1ccc(Oc2ccc(-c3nccn3C)nn2)cc1CN1CCCC1. The van der Waals surface area contributed by atoms with Crippen molar-refractivity contribution in [2.24, 2.45) is 7.05 Å². The minimum Gasteiger partial charge on any atom is -0.496 e. The summed E-state index contributed by atoms with van der Waals surface area (Å²) in [6.07, 6.45) is 6.13. The van der Waals surface area contributed by atoms with E-state index in [-0.39, 0.29) is 0 Å². The summed E-state index contributed by atoms with van der Waals surface area (Å²) in [5.41, 5.74) is 1.83. The van der Waals surface area contributed by atoms with Crippen LogP contribution in [-0.2, 0) is 13.6 Å². The largest absolute Gasteiger partial charge is 0.496 e. The van der Waals surface area contributed by atoms with Gasteiger partial charge >= 0.3 is 0 Å². The summed E-state index contributed by atoms with van der Waals surface area (Å²) in [6.45, 7) is 3.13. The fraction of sp³-hybridized carbons (Fsp3) is 0.350. The highest BCUT2D eigenvalue weighted by molar-refractivity contribution is 5.49. The van der Waals surface area contributed by atoms with Gasteiger partial charge in [0.05, 0.1) is 7.11 Å². The van der Waals surface area contributed by atoms with Crippen LogP contribution in [0.15, 0.2) is 42.7 Å². The summed E-state index contributed by atoms with van der Waals surface area (Å²) in [5.74, 6) is 2.83. The third-order valence-electron chi connectivity index (χ3n) is 4.76. The Morgan fingerprint density at radius 2 is 1.93 bits per heavy atom. The molecule has 0 saturated carbocycles. The van der Waals surface area contributed by atoms with E-state index < -0.39 is 0 Å². The summed E-state index contributed by atoms with van der Waals surface area (Å²) in [6, 6.07) is 9.52. The molecule has 1 aliphatic heterocycles. The summed E-state index contributed by atoms with van der Waals surface area (Å²) in [7, 11) is 3.62. The number of ether oxygens (including phenoxy) is 2. The average Bonchev–Trinajstić information content (AvgIpc) is 3.34. The maximum Gasteiger partial charge on any atom is 0.238 e. The van der Waals surface area contributed by atoms with E-state index in [9.17, 15) is 0 Å². The molecule has 1 aliphatic rings. The highest BCUT2D eigenvalue weighted by Crippen LogP contribution is 2.29. The highest BCUT2D eigenvalue weighted by atomic mass is 16.5. The molecule has 0 atom stereocenters. The average molecular weight is 365 g/mol. The standard InChI is InChI=1S/C20H23N5O2/c1-24-12-9-21-20(24)17-6-8-19(23-22-17)27-16-5-7-18(26-2)15(13-16)14-25-10-3-4-11-25/h5-9,12-13H,3-4,10-11,14H2,1-2H3. The van der Waals surface area contributed by atoms with E-state index in [4.69, 9.17) is 9.47 Å². The predicted octanol–water partition coefficient (Wildman–Crippen LogP) is 3.27. The Bertz CT molecular complexity index is 901. The third-order valence-corrected chi connectivity index (χ3v) is 4.76. The van der Waals surface area contributed by atoms with Crippen molar-refractivity contribution in [1.82, 2.24) is 24.6 Å². The molecule has 7 heteroatoms. The van der Waals surface area contributed by atoms with Crippen molar-refractivity contribution >= 4 is 0 Å². The molecular formula is C20H23N5O2. The van der Waals surface area contributed by atoms with E-state index >= 15 is 0 Å². The van der Waals surface area contributed by atoms with Crippen LogP contribution in [0.4, 0.5) is 0 Å². The van der Waals surface area contributed by atoms with Crippen molar-refractivity contribution in [1.29, 1.82) is 0 Å². The van der Waals surface area contributed by atoms with Crippen LogP contribution in [0.5, 0.6) is 17.4 Å². The molecule has 3 aromatic rings. The zero-order valence-corrected chi connectivity index (χ0v) is 15.6. The Morgan fingerprint density at radius 1 is 1.07 bits per heavy atom. The highest BCUT2D eigenvalue weighted by Gasteiger charge is 2.15. The number of aryl methyl sites for hydroxylation is 1. The van der Waals surface area contributed by atoms with Gasteiger partial charge in [-0.1, -0.05) is 0 Å². The van der Waals surface area contributed by atoms with Crippen molar-refractivity contribution in [3.8, 4) is 28.9 Å². The number of hydrogen-bond donors (Lipinski definition) is 0. The molecule has 27 heavy (non-hydrogen) atoms. The van der Waals surface area contributed by atoms with E-state index in [0.717, 1.165) is 42.5 Å². The lowest BCUT2D eigenvalue weighted by molar-refractivity contribution is 0.320.